The van der Waals surface area contributed by atoms with Crippen molar-refractivity contribution in [3.05, 3.63) is 0 Å². The summed E-state index contributed by atoms with van der Waals surface area (Å²) in [4.78, 5) is 22.2. The lowest BCUT2D eigenvalue weighted by Gasteiger charge is -2.36. The molecule has 0 unspecified atom stereocenters. The Hall–Kier alpha value is -0.650. The molecule has 2 saturated heterocycles. The van der Waals surface area contributed by atoms with Gasteiger partial charge in [0, 0.05) is 58.3 Å². The van der Waals surface area contributed by atoms with E-state index < -0.39 is 0 Å². The average Bonchev–Trinajstić information content (AvgIpc) is 2.57. The van der Waals surface area contributed by atoms with E-state index in [2.05, 4.69) is 47.4 Å². The lowest BCUT2D eigenvalue weighted by molar-refractivity contribution is -0.132. The third kappa shape index (κ3) is 6.01. The number of hydrogen-bond acceptors (Lipinski definition) is 4. The van der Waals surface area contributed by atoms with Crippen LogP contribution in [0, 0.1) is 5.92 Å². The van der Waals surface area contributed by atoms with Crippen LogP contribution < -0.4 is 0 Å². The van der Waals surface area contributed by atoms with Crippen LogP contribution in [-0.2, 0) is 4.79 Å². The lowest BCUT2D eigenvalue weighted by atomic mass is 9.92. The van der Waals surface area contributed by atoms with E-state index >= 15 is 0 Å². The number of hydrogen-bond donors (Lipinski definition) is 0. The van der Waals surface area contributed by atoms with Gasteiger partial charge in [0.05, 0.1) is 0 Å². The van der Waals surface area contributed by atoms with Gasteiger partial charge in [0.15, 0.2) is 0 Å². The molecule has 1 amide bonds. The van der Waals surface area contributed by atoms with Gasteiger partial charge in [-0.05, 0) is 59.7 Å². The van der Waals surface area contributed by atoms with Crippen LogP contribution in [0.5, 0.6) is 0 Å². The van der Waals surface area contributed by atoms with Crippen molar-refractivity contribution in [2.24, 2.45) is 5.92 Å². The first-order valence-electron chi connectivity index (χ1n) is 9.92. The van der Waals surface area contributed by atoms with E-state index in [0.717, 1.165) is 65.3 Å². The molecule has 0 aromatic carbocycles. The smallest absolute Gasteiger partial charge is 0.222 e. The molecule has 24 heavy (non-hydrogen) atoms. The molecular weight excluding hydrogens is 300 g/mol. The van der Waals surface area contributed by atoms with Gasteiger partial charge in [-0.1, -0.05) is 0 Å². The molecule has 2 aliphatic heterocycles. The summed E-state index contributed by atoms with van der Waals surface area (Å²) < 4.78 is 0. The van der Waals surface area contributed by atoms with Crippen molar-refractivity contribution in [1.82, 2.24) is 19.6 Å². The molecule has 2 heterocycles. The minimum atomic E-state index is 0.370. The van der Waals surface area contributed by atoms with Crippen LogP contribution in [0.4, 0.5) is 0 Å². The first kappa shape index (κ1) is 19.7. The number of piperidine rings is 1. The number of likely N-dealkylation sites (tertiary alicyclic amines) is 1. The van der Waals surface area contributed by atoms with E-state index in [4.69, 9.17) is 0 Å². The Kier molecular flexibility index (Phi) is 7.98. The molecule has 2 aliphatic rings. The molecule has 0 aromatic heterocycles. The van der Waals surface area contributed by atoms with Gasteiger partial charge in [-0.25, -0.2) is 0 Å². The van der Waals surface area contributed by atoms with Gasteiger partial charge in [-0.2, -0.15) is 0 Å². The van der Waals surface area contributed by atoms with Crippen LogP contribution in [0.15, 0.2) is 0 Å². The van der Waals surface area contributed by atoms with Crippen LogP contribution in [0.2, 0.25) is 0 Å². The molecule has 5 nitrogen and oxygen atoms in total. The molecule has 0 aliphatic carbocycles. The predicted molar refractivity (Wildman–Crippen MR) is 100 cm³/mol. The van der Waals surface area contributed by atoms with Gasteiger partial charge in [0.2, 0.25) is 5.91 Å². The van der Waals surface area contributed by atoms with E-state index in [1.807, 2.05) is 0 Å². The van der Waals surface area contributed by atoms with Crippen molar-refractivity contribution < 1.29 is 4.79 Å². The van der Waals surface area contributed by atoms with Crippen LogP contribution in [0.3, 0.4) is 0 Å². The fraction of sp³-hybridized carbons (Fsp3) is 0.947. The molecule has 0 radical (unpaired) electrons. The standard InChI is InChI=1S/C19H38N4O/c1-5-22(15-14-21-12-10-20(4)11-13-21)19(24)16-18-6-8-23(9-7-18)17(2)3/h17-18H,5-16H2,1-4H3. The summed E-state index contributed by atoms with van der Waals surface area (Å²) in [5.74, 6) is 0.958. The molecule has 5 heteroatoms. The van der Waals surface area contributed by atoms with Gasteiger partial charge in [0.1, 0.15) is 0 Å². The zero-order valence-electron chi connectivity index (χ0n) is 16.3. The first-order chi connectivity index (χ1) is 11.5. The molecule has 0 saturated carbocycles. The van der Waals surface area contributed by atoms with Crippen LogP contribution >= 0.6 is 0 Å². The van der Waals surface area contributed by atoms with Gasteiger partial charge in [-0.3, -0.25) is 9.69 Å². The highest BCUT2D eigenvalue weighted by atomic mass is 16.2. The number of piperazine rings is 1. The fourth-order valence-corrected chi connectivity index (χ4v) is 3.84. The average molecular weight is 339 g/mol. The predicted octanol–water partition coefficient (Wildman–Crippen LogP) is 1.59. The highest BCUT2D eigenvalue weighted by molar-refractivity contribution is 5.76. The molecule has 0 aromatic rings. The maximum Gasteiger partial charge on any atom is 0.222 e. The van der Waals surface area contributed by atoms with Crippen LogP contribution in [-0.4, -0.2) is 97.5 Å². The summed E-state index contributed by atoms with van der Waals surface area (Å²) in [5, 5.41) is 0. The molecular formula is C19H38N4O. The number of carbonyl (C=O) groups excluding carboxylic acids is 1. The van der Waals surface area contributed by atoms with Crippen molar-refractivity contribution in [3.8, 4) is 0 Å². The second-order valence-corrected chi connectivity index (χ2v) is 7.90. The van der Waals surface area contributed by atoms with Crippen LogP contribution in [0.1, 0.15) is 40.0 Å². The molecule has 0 N–H and O–H groups in total. The van der Waals surface area contributed by atoms with Crippen molar-refractivity contribution in [2.45, 2.75) is 46.1 Å². The summed E-state index contributed by atoms with van der Waals surface area (Å²) in [6.07, 6.45) is 3.11. The lowest BCUT2D eigenvalue weighted by Crippen LogP contribution is -2.47. The summed E-state index contributed by atoms with van der Waals surface area (Å²) in [5.41, 5.74) is 0. The minimum Gasteiger partial charge on any atom is -0.342 e. The van der Waals surface area contributed by atoms with E-state index in [1.54, 1.807) is 0 Å². The van der Waals surface area contributed by atoms with Crippen molar-refractivity contribution in [2.75, 3.05) is 66.0 Å². The summed E-state index contributed by atoms with van der Waals surface area (Å²) in [6.45, 7) is 16.3. The zero-order valence-corrected chi connectivity index (χ0v) is 16.3. The molecule has 2 fully saturated rings. The van der Waals surface area contributed by atoms with Crippen molar-refractivity contribution in [1.29, 1.82) is 0 Å². The summed E-state index contributed by atoms with van der Waals surface area (Å²) in [6, 6.07) is 0.636. The maximum absolute atomic E-state index is 12.7. The third-order valence-electron chi connectivity index (χ3n) is 5.86. The molecule has 140 valence electrons. The van der Waals surface area contributed by atoms with Crippen molar-refractivity contribution in [3.63, 3.8) is 0 Å². The Morgan fingerprint density at radius 1 is 1.08 bits per heavy atom. The maximum atomic E-state index is 12.7. The molecule has 0 spiro atoms. The number of nitrogens with zero attached hydrogens (tertiary/aromatic N) is 4. The quantitative estimate of drug-likeness (QED) is 0.705. The van der Waals surface area contributed by atoms with Gasteiger partial charge in [0.25, 0.3) is 0 Å². The Bertz CT molecular complexity index is 372. The van der Waals surface area contributed by atoms with E-state index in [9.17, 15) is 4.79 Å². The highest BCUT2D eigenvalue weighted by Gasteiger charge is 2.25. The second-order valence-electron chi connectivity index (χ2n) is 7.90. The Balaban J connectivity index is 1.69. The van der Waals surface area contributed by atoms with Gasteiger partial charge in [-0.15, -0.1) is 0 Å². The molecule has 0 atom stereocenters. The second kappa shape index (κ2) is 9.73. The van der Waals surface area contributed by atoms with Crippen LogP contribution in [0.25, 0.3) is 0 Å². The normalized spacial score (nSPS) is 22.2. The van der Waals surface area contributed by atoms with Gasteiger partial charge >= 0.3 is 0 Å². The van der Waals surface area contributed by atoms with Gasteiger partial charge < -0.3 is 14.7 Å². The SMILES string of the molecule is CCN(CCN1CCN(C)CC1)C(=O)CC1CCN(C(C)C)CC1. The largest absolute Gasteiger partial charge is 0.342 e. The van der Waals surface area contributed by atoms with Crippen molar-refractivity contribution >= 4 is 5.91 Å². The van der Waals surface area contributed by atoms with E-state index in [-0.39, 0.29) is 0 Å². The Labute approximate surface area is 148 Å². The summed E-state index contributed by atoms with van der Waals surface area (Å²) >= 11 is 0. The molecule has 2 rings (SSSR count). The number of likely N-dealkylation sites (N-methyl/N-ethyl adjacent to an activating group) is 2. The Morgan fingerprint density at radius 2 is 1.71 bits per heavy atom. The number of rotatable bonds is 7. The third-order valence-corrected chi connectivity index (χ3v) is 5.86. The number of carbonyl (C=O) groups is 1. The first-order valence-corrected chi connectivity index (χ1v) is 9.92. The van der Waals surface area contributed by atoms with E-state index in [1.165, 1.54) is 12.8 Å². The monoisotopic (exact) mass is 338 g/mol. The minimum absolute atomic E-state index is 0.370. The Morgan fingerprint density at radius 3 is 2.25 bits per heavy atom. The molecule has 0 bridgehead atoms. The highest BCUT2D eigenvalue weighted by Crippen LogP contribution is 2.22. The summed E-state index contributed by atoms with van der Waals surface area (Å²) in [7, 11) is 2.18. The topological polar surface area (TPSA) is 30.0 Å². The zero-order chi connectivity index (χ0) is 17.5. The van der Waals surface area contributed by atoms with E-state index in [0.29, 0.717) is 17.9 Å². The fourth-order valence-electron chi connectivity index (χ4n) is 3.84. The number of amides is 1.